The number of thioether (sulfide) groups is 1. The number of aryl methyl sites for hydroxylation is 2. The van der Waals surface area contributed by atoms with Crippen molar-refractivity contribution in [1.82, 2.24) is 25.0 Å². The fourth-order valence-electron chi connectivity index (χ4n) is 3.12. The highest BCUT2D eigenvalue weighted by molar-refractivity contribution is 8.00. The van der Waals surface area contributed by atoms with Crippen molar-refractivity contribution in [3.05, 3.63) is 33.8 Å². The largest absolute Gasteiger partial charge is 0.342 e. The number of hydrogen-bond donors (Lipinski definition) is 1. The fourth-order valence-corrected chi connectivity index (χ4v) is 4.06. The SMILES string of the molecule is Cc1cc(=O)[nH]c(SC(C)C(=O)N2CCC(Cc3noc(C)n3)CC2)n1. The van der Waals surface area contributed by atoms with E-state index in [-0.39, 0.29) is 16.7 Å². The summed E-state index contributed by atoms with van der Waals surface area (Å²) < 4.78 is 5.01. The van der Waals surface area contributed by atoms with E-state index in [2.05, 4.69) is 20.1 Å². The zero-order valence-electron chi connectivity index (χ0n) is 15.2. The van der Waals surface area contributed by atoms with Crippen molar-refractivity contribution in [1.29, 1.82) is 0 Å². The van der Waals surface area contributed by atoms with Crippen LogP contribution in [-0.2, 0) is 11.2 Å². The molecular formula is C17H23N5O3S. The van der Waals surface area contributed by atoms with Crippen LogP contribution in [0.15, 0.2) is 20.5 Å². The van der Waals surface area contributed by atoms with Gasteiger partial charge >= 0.3 is 0 Å². The van der Waals surface area contributed by atoms with E-state index in [1.54, 1.807) is 13.8 Å². The molecule has 9 heteroatoms. The number of nitrogens with one attached hydrogen (secondary N) is 1. The number of amides is 1. The highest BCUT2D eigenvalue weighted by atomic mass is 32.2. The summed E-state index contributed by atoms with van der Waals surface area (Å²) in [5.74, 6) is 1.87. The van der Waals surface area contributed by atoms with Gasteiger partial charge in [0.1, 0.15) is 0 Å². The molecule has 3 heterocycles. The third-order valence-electron chi connectivity index (χ3n) is 4.45. The van der Waals surface area contributed by atoms with E-state index in [1.165, 1.54) is 17.8 Å². The van der Waals surface area contributed by atoms with E-state index < -0.39 is 0 Å². The number of piperidine rings is 1. The fraction of sp³-hybridized carbons (Fsp3) is 0.588. The molecule has 0 bridgehead atoms. The Morgan fingerprint density at radius 1 is 1.38 bits per heavy atom. The normalized spacial score (nSPS) is 16.7. The molecule has 1 unspecified atom stereocenters. The number of carbonyl (C=O) groups excluding carboxylic acids is 1. The standard InChI is InChI=1S/C17H23N5O3S/c1-10-8-15(23)20-17(18-10)26-11(2)16(24)22-6-4-13(5-7-22)9-14-19-12(3)25-21-14/h8,11,13H,4-7,9H2,1-3H3,(H,18,20,23). The second-order valence-electron chi connectivity index (χ2n) is 6.65. The molecule has 0 aromatic carbocycles. The van der Waals surface area contributed by atoms with E-state index >= 15 is 0 Å². The van der Waals surface area contributed by atoms with Crippen LogP contribution in [0.2, 0.25) is 0 Å². The average Bonchev–Trinajstić information content (AvgIpc) is 2.99. The van der Waals surface area contributed by atoms with E-state index in [0.29, 0.717) is 22.7 Å². The van der Waals surface area contributed by atoms with Crippen LogP contribution in [-0.4, -0.2) is 49.3 Å². The summed E-state index contributed by atoms with van der Waals surface area (Å²) in [6, 6.07) is 1.44. The van der Waals surface area contributed by atoms with Crippen molar-refractivity contribution in [3.63, 3.8) is 0 Å². The molecule has 140 valence electrons. The molecule has 0 radical (unpaired) electrons. The van der Waals surface area contributed by atoms with Gasteiger partial charge < -0.3 is 14.4 Å². The van der Waals surface area contributed by atoms with Crippen LogP contribution in [0.3, 0.4) is 0 Å². The second kappa shape index (κ2) is 8.03. The van der Waals surface area contributed by atoms with Gasteiger partial charge in [-0.15, -0.1) is 0 Å². The second-order valence-corrected chi connectivity index (χ2v) is 7.98. The Bertz CT molecular complexity index is 826. The molecule has 1 atom stereocenters. The Morgan fingerprint density at radius 3 is 2.73 bits per heavy atom. The van der Waals surface area contributed by atoms with Crippen LogP contribution in [0.4, 0.5) is 0 Å². The molecule has 1 amide bonds. The Kier molecular flexibility index (Phi) is 5.75. The molecule has 1 N–H and O–H groups in total. The van der Waals surface area contributed by atoms with Gasteiger partial charge in [0.2, 0.25) is 11.8 Å². The quantitative estimate of drug-likeness (QED) is 0.625. The van der Waals surface area contributed by atoms with Crippen LogP contribution in [0.1, 0.15) is 37.2 Å². The van der Waals surface area contributed by atoms with Crippen molar-refractivity contribution in [2.24, 2.45) is 5.92 Å². The number of carbonyl (C=O) groups is 1. The monoisotopic (exact) mass is 377 g/mol. The van der Waals surface area contributed by atoms with Gasteiger partial charge in [0.05, 0.1) is 5.25 Å². The minimum absolute atomic E-state index is 0.0769. The number of rotatable bonds is 5. The minimum atomic E-state index is -0.295. The summed E-state index contributed by atoms with van der Waals surface area (Å²) in [6.07, 6.45) is 2.64. The summed E-state index contributed by atoms with van der Waals surface area (Å²) in [4.78, 5) is 37.3. The van der Waals surface area contributed by atoms with Crippen molar-refractivity contribution in [2.45, 2.75) is 50.4 Å². The highest BCUT2D eigenvalue weighted by Gasteiger charge is 2.27. The zero-order valence-corrected chi connectivity index (χ0v) is 16.0. The molecule has 0 spiro atoms. The van der Waals surface area contributed by atoms with E-state index in [0.717, 1.165) is 38.2 Å². The summed E-state index contributed by atoms with van der Waals surface area (Å²) in [6.45, 7) is 6.85. The van der Waals surface area contributed by atoms with Crippen molar-refractivity contribution >= 4 is 17.7 Å². The van der Waals surface area contributed by atoms with Crippen molar-refractivity contribution in [3.8, 4) is 0 Å². The number of likely N-dealkylation sites (tertiary alicyclic amines) is 1. The van der Waals surface area contributed by atoms with Gasteiger partial charge in [-0.3, -0.25) is 9.59 Å². The van der Waals surface area contributed by atoms with Gasteiger partial charge in [0, 0.05) is 38.2 Å². The number of aromatic nitrogens is 4. The first-order chi connectivity index (χ1) is 12.4. The Balaban J connectivity index is 1.51. The number of nitrogens with zero attached hydrogens (tertiary/aromatic N) is 4. The van der Waals surface area contributed by atoms with Gasteiger partial charge in [-0.25, -0.2) is 4.98 Å². The van der Waals surface area contributed by atoms with E-state index in [9.17, 15) is 9.59 Å². The summed E-state index contributed by atoms with van der Waals surface area (Å²) >= 11 is 1.29. The lowest BCUT2D eigenvalue weighted by molar-refractivity contribution is -0.131. The van der Waals surface area contributed by atoms with Gasteiger partial charge in [-0.2, -0.15) is 4.98 Å². The van der Waals surface area contributed by atoms with Crippen LogP contribution in [0.25, 0.3) is 0 Å². The number of hydrogen-bond acceptors (Lipinski definition) is 7. The summed E-state index contributed by atoms with van der Waals surface area (Å²) in [5, 5.41) is 4.14. The molecule has 2 aromatic rings. The van der Waals surface area contributed by atoms with Crippen LogP contribution in [0.5, 0.6) is 0 Å². The molecule has 1 fully saturated rings. The first kappa shape index (κ1) is 18.6. The summed E-state index contributed by atoms with van der Waals surface area (Å²) in [5.41, 5.74) is 0.450. The van der Waals surface area contributed by atoms with Gasteiger partial charge in [0.15, 0.2) is 11.0 Å². The first-order valence-corrected chi connectivity index (χ1v) is 9.61. The molecule has 0 saturated carbocycles. The van der Waals surface area contributed by atoms with Gasteiger partial charge in [-0.05, 0) is 32.6 Å². The highest BCUT2D eigenvalue weighted by Crippen LogP contribution is 2.25. The van der Waals surface area contributed by atoms with E-state index in [4.69, 9.17) is 4.52 Å². The molecule has 2 aromatic heterocycles. The molecule has 26 heavy (non-hydrogen) atoms. The summed E-state index contributed by atoms with van der Waals surface area (Å²) in [7, 11) is 0. The van der Waals surface area contributed by atoms with E-state index in [1.807, 2.05) is 11.8 Å². The third-order valence-corrected chi connectivity index (χ3v) is 5.42. The molecule has 1 aliphatic rings. The third kappa shape index (κ3) is 4.72. The Morgan fingerprint density at radius 2 is 2.12 bits per heavy atom. The molecule has 8 nitrogen and oxygen atoms in total. The predicted octanol–water partition coefficient (Wildman–Crippen LogP) is 1.73. The Labute approximate surface area is 155 Å². The number of aromatic amines is 1. The lowest BCUT2D eigenvalue weighted by atomic mass is 9.93. The topological polar surface area (TPSA) is 105 Å². The predicted molar refractivity (Wildman–Crippen MR) is 97.0 cm³/mol. The van der Waals surface area contributed by atoms with Crippen LogP contribution < -0.4 is 5.56 Å². The van der Waals surface area contributed by atoms with Crippen LogP contribution in [0, 0.1) is 19.8 Å². The Hall–Kier alpha value is -2.16. The molecule has 1 saturated heterocycles. The van der Waals surface area contributed by atoms with Gasteiger partial charge in [-0.1, -0.05) is 16.9 Å². The first-order valence-electron chi connectivity index (χ1n) is 8.73. The average molecular weight is 377 g/mol. The maximum Gasteiger partial charge on any atom is 0.251 e. The smallest absolute Gasteiger partial charge is 0.251 e. The van der Waals surface area contributed by atoms with Crippen molar-refractivity contribution in [2.75, 3.05) is 13.1 Å². The van der Waals surface area contributed by atoms with Gasteiger partial charge in [0.25, 0.3) is 5.56 Å². The molecular weight excluding hydrogens is 354 g/mol. The zero-order chi connectivity index (χ0) is 18.7. The lowest BCUT2D eigenvalue weighted by Crippen LogP contribution is -2.42. The number of H-pyrrole nitrogens is 1. The van der Waals surface area contributed by atoms with Crippen LogP contribution >= 0.6 is 11.8 Å². The molecule has 3 rings (SSSR count). The lowest BCUT2D eigenvalue weighted by Gasteiger charge is -2.33. The maximum absolute atomic E-state index is 12.7. The van der Waals surface area contributed by atoms with Crippen molar-refractivity contribution < 1.29 is 9.32 Å². The maximum atomic E-state index is 12.7. The molecule has 1 aliphatic heterocycles. The molecule has 0 aliphatic carbocycles. The minimum Gasteiger partial charge on any atom is -0.342 e.